The Labute approximate surface area is 110 Å². The minimum atomic E-state index is -0.583. The molecule has 0 aromatic heterocycles. The zero-order valence-electron chi connectivity index (χ0n) is 9.72. The molecule has 4 heteroatoms. The molecule has 0 amide bonds. The molecule has 1 aromatic carbocycles. The highest BCUT2D eigenvalue weighted by atomic mass is 79.9. The Morgan fingerprint density at radius 1 is 1.44 bits per heavy atom. The maximum absolute atomic E-state index is 9.99. The van der Waals surface area contributed by atoms with Crippen LogP contribution in [0.4, 0.5) is 0 Å². The molecule has 1 rings (SSSR count). The summed E-state index contributed by atoms with van der Waals surface area (Å²) in [5.74, 6) is 0. The molecule has 0 saturated carbocycles. The van der Waals surface area contributed by atoms with E-state index in [1.54, 1.807) is 6.07 Å². The molecule has 0 aliphatic carbocycles. The summed E-state index contributed by atoms with van der Waals surface area (Å²) in [6.07, 6.45) is -0.583. The normalized spacial score (nSPS) is 13.9. The zero-order chi connectivity index (χ0) is 12.3. The number of rotatable bonds is 3. The van der Waals surface area contributed by atoms with Gasteiger partial charge in [-0.3, -0.25) is 0 Å². The van der Waals surface area contributed by atoms with Crippen molar-refractivity contribution in [3.63, 3.8) is 0 Å². The van der Waals surface area contributed by atoms with Crippen LogP contribution in [0.3, 0.4) is 0 Å². The molecule has 2 nitrogen and oxygen atoms in total. The van der Waals surface area contributed by atoms with Crippen molar-refractivity contribution in [2.24, 2.45) is 0 Å². The van der Waals surface area contributed by atoms with Crippen molar-refractivity contribution in [2.45, 2.75) is 32.4 Å². The van der Waals surface area contributed by atoms with Crippen LogP contribution in [0.1, 0.15) is 32.4 Å². The van der Waals surface area contributed by atoms with Crippen LogP contribution < -0.4 is 5.32 Å². The summed E-state index contributed by atoms with van der Waals surface area (Å²) in [6, 6.07) is 5.50. The SMILES string of the molecule is CC(C)(C)NCC(O)c1ccc(Br)cc1Cl. The third kappa shape index (κ3) is 4.42. The van der Waals surface area contributed by atoms with Gasteiger partial charge in [0.1, 0.15) is 0 Å². The number of aliphatic hydroxyl groups is 1. The molecular weight excluding hydrogens is 289 g/mol. The first kappa shape index (κ1) is 14.0. The predicted molar refractivity (Wildman–Crippen MR) is 71.9 cm³/mol. The topological polar surface area (TPSA) is 32.3 Å². The van der Waals surface area contributed by atoms with Crippen molar-refractivity contribution in [2.75, 3.05) is 6.54 Å². The Balaban J connectivity index is 2.70. The number of nitrogens with one attached hydrogen (secondary N) is 1. The summed E-state index contributed by atoms with van der Waals surface area (Å²) < 4.78 is 0.914. The van der Waals surface area contributed by atoms with Crippen LogP contribution in [-0.2, 0) is 0 Å². The lowest BCUT2D eigenvalue weighted by Crippen LogP contribution is -2.38. The largest absolute Gasteiger partial charge is 0.387 e. The van der Waals surface area contributed by atoms with Gasteiger partial charge < -0.3 is 10.4 Å². The van der Waals surface area contributed by atoms with Crippen LogP contribution in [0.25, 0.3) is 0 Å². The van der Waals surface area contributed by atoms with E-state index < -0.39 is 6.10 Å². The summed E-state index contributed by atoms with van der Waals surface area (Å²) in [6.45, 7) is 6.67. The number of β-amino-alcohol motifs (C(OH)–C–C–N with tert-alkyl or cyclic N) is 1. The maximum Gasteiger partial charge on any atom is 0.0928 e. The fourth-order valence-corrected chi connectivity index (χ4v) is 2.08. The molecular formula is C12H17BrClNO. The average Bonchev–Trinajstić information content (AvgIpc) is 2.13. The first-order valence-corrected chi connectivity index (χ1v) is 6.35. The highest BCUT2D eigenvalue weighted by Gasteiger charge is 2.15. The number of benzene rings is 1. The smallest absolute Gasteiger partial charge is 0.0928 e. The van der Waals surface area contributed by atoms with Gasteiger partial charge in [0, 0.05) is 27.1 Å². The van der Waals surface area contributed by atoms with E-state index in [0.717, 1.165) is 10.0 Å². The van der Waals surface area contributed by atoms with E-state index in [4.69, 9.17) is 11.6 Å². The second kappa shape index (κ2) is 5.50. The standard InChI is InChI=1S/C12H17BrClNO/c1-12(2,3)15-7-11(16)9-5-4-8(13)6-10(9)14/h4-6,11,15-16H,7H2,1-3H3. The molecule has 0 aliphatic rings. The van der Waals surface area contributed by atoms with E-state index in [1.807, 2.05) is 12.1 Å². The lowest BCUT2D eigenvalue weighted by Gasteiger charge is -2.23. The van der Waals surface area contributed by atoms with E-state index in [1.165, 1.54) is 0 Å². The van der Waals surface area contributed by atoms with Gasteiger partial charge in [0.25, 0.3) is 0 Å². The van der Waals surface area contributed by atoms with Crippen molar-refractivity contribution >= 4 is 27.5 Å². The van der Waals surface area contributed by atoms with Gasteiger partial charge in [-0.2, -0.15) is 0 Å². The molecule has 0 spiro atoms. The molecule has 1 atom stereocenters. The highest BCUT2D eigenvalue weighted by molar-refractivity contribution is 9.10. The van der Waals surface area contributed by atoms with Crippen LogP contribution in [-0.4, -0.2) is 17.2 Å². The maximum atomic E-state index is 9.99. The van der Waals surface area contributed by atoms with Gasteiger partial charge in [-0.05, 0) is 32.9 Å². The van der Waals surface area contributed by atoms with E-state index in [2.05, 4.69) is 42.0 Å². The predicted octanol–water partition coefficient (Wildman–Crippen LogP) is 3.52. The molecule has 1 aromatic rings. The first-order chi connectivity index (χ1) is 7.29. The summed E-state index contributed by atoms with van der Waals surface area (Å²) in [7, 11) is 0. The Hall–Kier alpha value is -0.0900. The monoisotopic (exact) mass is 305 g/mol. The fraction of sp³-hybridized carbons (Fsp3) is 0.500. The number of aliphatic hydroxyl groups excluding tert-OH is 1. The van der Waals surface area contributed by atoms with E-state index in [9.17, 15) is 5.11 Å². The molecule has 1 unspecified atom stereocenters. The molecule has 0 heterocycles. The Bertz CT molecular complexity index is 363. The molecule has 90 valence electrons. The lowest BCUT2D eigenvalue weighted by molar-refractivity contribution is 0.163. The van der Waals surface area contributed by atoms with E-state index in [0.29, 0.717) is 11.6 Å². The van der Waals surface area contributed by atoms with Gasteiger partial charge in [0.15, 0.2) is 0 Å². The lowest BCUT2D eigenvalue weighted by atomic mass is 10.1. The van der Waals surface area contributed by atoms with Gasteiger partial charge in [-0.15, -0.1) is 0 Å². The Morgan fingerprint density at radius 3 is 2.56 bits per heavy atom. The highest BCUT2D eigenvalue weighted by Crippen LogP contribution is 2.26. The average molecular weight is 307 g/mol. The summed E-state index contributed by atoms with van der Waals surface area (Å²) in [4.78, 5) is 0. The van der Waals surface area contributed by atoms with Crippen molar-refractivity contribution < 1.29 is 5.11 Å². The summed E-state index contributed by atoms with van der Waals surface area (Å²) in [5, 5.41) is 13.8. The number of halogens is 2. The molecule has 0 bridgehead atoms. The van der Waals surface area contributed by atoms with Gasteiger partial charge in [-0.1, -0.05) is 33.6 Å². The van der Waals surface area contributed by atoms with Gasteiger partial charge >= 0.3 is 0 Å². The second-order valence-electron chi connectivity index (χ2n) is 4.81. The van der Waals surface area contributed by atoms with Crippen LogP contribution in [0.15, 0.2) is 22.7 Å². The molecule has 2 N–H and O–H groups in total. The molecule has 0 radical (unpaired) electrons. The minimum Gasteiger partial charge on any atom is -0.387 e. The third-order valence-corrected chi connectivity index (χ3v) is 2.97. The quantitative estimate of drug-likeness (QED) is 0.895. The summed E-state index contributed by atoms with van der Waals surface area (Å²) in [5.41, 5.74) is 0.740. The Morgan fingerprint density at radius 2 is 2.06 bits per heavy atom. The van der Waals surface area contributed by atoms with Crippen LogP contribution in [0.5, 0.6) is 0 Å². The zero-order valence-corrected chi connectivity index (χ0v) is 12.1. The minimum absolute atomic E-state index is 0.0111. The number of hydrogen-bond acceptors (Lipinski definition) is 2. The number of hydrogen-bond donors (Lipinski definition) is 2. The van der Waals surface area contributed by atoms with E-state index >= 15 is 0 Å². The molecule has 0 aliphatic heterocycles. The Kier molecular flexibility index (Phi) is 4.80. The fourth-order valence-electron chi connectivity index (χ4n) is 1.28. The van der Waals surface area contributed by atoms with Crippen molar-refractivity contribution in [1.82, 2.24) is 5.32 Å². The van der Waals surface area contributed by atoms with Gasteiger partial charge in [-0.25, -0.2) is 0 Å². The van der Waals surface area contributed by atoms with Crippen molar-refractivity contribution in [3.05, 3.63) is 33.3 Å². The van der Waals surface area contributed by atoms with Crippen LogP contribution >= 0.6 is 27.5 Å². The van der Waals surface area contributed by atoms with Crippen LogP contribution in [0.2, 0.25) is 5.02 Å². The molecule has 0 fully saturated rings. The van der Waals surface area contributed by atoms with E-state index in [-0.39, 0.29) is 5.54 Å². The van der Waals surface area contributed by atoms with Gasteiger partial charge in [0.05, 0.1) is 6.10 Å². The first-order valence-electron chi connectivity index (χ1n) is 5.17. The van der Waals surface area contributed by atoms with Crippen LogP contribution in [0, 0.1) is 0 Å². The van der Waals surface area contributed by atoms with Crippen molar-refractivity contribution in [1.29, 1.82) is 0 Å². The summed E-state index contributed by atoms with van der Waals surface area (Å²) >= 11 is 9.39. The van der Waals surface area contributed by atoms with Crippen molar-refractivity contribution in [3.8, 4) is 0 Å². The second-order valence-corrected chi connectivity index (χ2v) is 6.14. The third-order valence-electron chi connectivity index (χ3n) is 2.15. The molecule has 0 saturated heterocycles. The van der Waals surface area contributed by atoms with Gasteiger partial charge in [0.2, 0.25) is 0 Å². The molecule has 16 heavy (non-hydrogen) atoms.